The molecule has 1 heterocycles. The predicted octanol–water partition coefficient (Wildman–Crippen LogP) is 3.16. The Labute approximate surface area is 86.5 Å². The minimum atomic E-state index is 0.726. The van der Waals surface area contributed by atoms with Gasteiger partial charge in [-0.25, -0.2) is 0 Å². The molecule has 1 aliphatic rings. The summed E-state index contributed by atoms with van der Waals surface area (Å²) < 4.78 is 6.54. The van der Waals surface area contributed by atoms with Gasteiger partial charge in [0.15, 0.2) is 0 Å². The molecule has 0 unspecified atom stereocenters. The molecule has 2 rings (SSSR count). The Morgan fingerprint density at radius 3 is 3.08 bits per heavy atom. The van der Waals surface area contributed by atoms with Crippen molar-refractivity contribution in [3.8, 4) is 0 Å². The Morgan fingerprint density at radius 2 is 2.31 bits per heavy atom. The molecule has 0 aliphatic carbocycles. The van der Waals surface area contributed by atoms with Crippen molar-refractivity contribution in [2.24, 2.45) is 0 Å². The van der Waals surface area contributed by atoms with Crippen molar-refractivity contribution in [1.29, 1.82) is 0 Å². The van der Waals surface area contributed by atoms with Gasteiger partial charge in [0.1, 0.15) is 0 Å². The molecule has 1 aliphatic heterocycles. The number of halogens is 1. The average molecular weight is 239 g/mol. The summed E-state index contributed by atoms with van der Waals surface area (Å²) in [7, 11) is 0. The van der Waals surface area contributed by atoms with Crippen LogP contribution in [0.2, 0.25) is 0 Å². The first-order chi connectivity index (χ1) is 6.31. The molecule has 0 bridgehead atoms. The van der Waals surface area contributed by atoms with E-state index in [1.807, 2.05) is 6.08 Å². The van der Waals surface area contributed by atoms with Crippen LogP contribution in [0.15, 0.2) is 23.2 Å². The molecular formula is C11H11BrO. The first-order valence-corrected chi connectivity index (χ1v) is 5.12. The van der Waals surface area contributed by atoms with Crippen molar-refractivity contribution >= 4 is 22.0 Å². The molecule has 1 aromatic carbocycles. The van der Waals surface area contributed by atoms with Gasteiger partial charge in [0.25, 0.3) is 0 Å². The molecule has 0 radical (unpaired) electrons. The second-order valence-corrected chi connectivity index (χ2v) is 4.06. The normalized spacial score (nSPS) is 15.2. The molecule has 0 N–H and O–H groups in total. The van der Waals surface area contributed by atoms with Crippen LogP contribution >= 0.6 is 15.9 Å². The zero-order valence-electron chi connectivity index (χ0n) is 7.35. The van der Waals surface area contributed by atoms with Gasteiger partial charge in [-0.1, -0.05) is 28.6 Å². The van der Waals surface area contributed by atoms with Gasteiger partial charge in [-0.2, -0.15) is 0 Å². The minimum Gasteiger partial charge on any atom is -0.376 e. The highest BCUT2D eigenvalue weighted by molar-refractivity contribution is 9.10. The van der Waals surface area contributed by atoms with E-state index in [4.69, 9.17) is 4.74 Å². The van der Waals surface area contributed by atoms with Crippen LogP contribution in [0.3, 0.4) is 0 Å². The second-order valence-electron chi connectivity index (χ2n) is 3.14. The number of hydrogen-bond donors (Lipinski definition) is 0. The number of benzene rings is 1. The maximum absolute atomic E-state index is 5.42. The Bertz CT molecular complexity index is 344. The molecule has 1 nitrogen and oxygen atoms in total. The smallest absolute Gasteiger partial charge is 0.0725 e. The summed E-state index contributed by atoms with van der Waals surface area (Å²) in [6.07, 6.45) is 2.90. The Balaban J connectivity index is 2.56. The highest BCUT2D eigenvalue weighted by Crippen LogP contribution is 2.26. The van der Waals surface area contributed by atoms with Gasteiger partial charge in [0.2, 0.25) is 0 Å². The molecule has 0 aromatic heterocycles. The number of ether oxygens (including phenoxy) is 1. The molecule has 2 heteroatoms. The fraction of sp³-hybridized carbons (Fsp3) is 0.273. The largest absolute Gasteiger partial charge is 0.376 e. The highest BCUT2D eigenvalue weighted by atomic mass is 79.9. The van der Waals surface area contributed by atoms with Crippen LogP contribution < -0.4 is 0 Å². The van der Waals surface area contributed by atoms with Gasteiger partial charge < -0.3 is 4.74 Å². The van der Waals surface area contributed by atoms with Gasteiger partial charge in [-0.3, -0.25) is 0 Å². The van der Waals surface area contributed by atoms with Gasteiger partial charge in [0.05, 0.1) is 13.2 Å². The SMILES string of the molecule is C=Cc1cc(Br)cc2c1COCC2. The lowest BCUT2D eigenvalue weighted by molar-refractivity contribution is 0.110. The molecule has 0 saturated carbocycles. The predicted molar refractivity (Wildman–Crippen MR) is 57.6 cm³/mol. The third-order valence-corrected chi connectivity index (χ3v) is 2.78. The molecule has 0 atom stereocenters. The average Bonchev–Trinajstić information content (AvgIpc) is 2.16. The third kappa shape index (κ3) is 1.69. The first-order valence-electron chi connectivity index (χ1n) is 4.33. The van der Waals surface area contributed by atoms with Crippen molar-refractivity contribution < 1.29 is 4.74 Å². The van der Waals surface area contributed by atoms with Crippen LogP contribution in [-0.4, -0.2) is 6.61 Å². The van der Waals surface area contributed by atoms with Gasteiger partial charge in [0, 0.05) is 4.47 Å². The summed E-state index contributed by atoms with van der Waals surface area (Å²) >= 11 is 3.49. The van der Waals surface area contributed by atoms with E-state index in [9.17, 15) is 0 Å². The molecular weight excluding hydrogens is 228 g/mol. The molecule has 0 spiro atoms. The van der Waals surface area contributed by atoms with Crippen molar-refractivity contribution in [3.63, 3.8) is 0 Å². The van der Waals surface area contributed by atoms with E-state index in [1.54, 1.807) is 0 Å². The van der Waals surface area contributed by atoms with Crippen LogP contribution in [0.1, 0.15) is 16.7 Å². The van der Waals surface area contributed by atoms with E-state index in [-0.39, 0.29) is 0 Å². The van der Waals surface area contributed by atoms with E-state index in [0.29, 0.717) is 0 Å². The zero-order chi connectivity index (χ0) is 9.26. The van der Waals surface area contributed by atoms with Crippen molar-refractivity contribution in [2.45, 2.75) is 13.0 Å². The summed E-state index contributed by atoms with van der Waals surface area (Å²) in [6.45, 7) is 5.36. The van der Waals surface area contributed by atoms with Crippen LogP contribution in [-0.2, 0) is 17.8 Å². The highest BCUT2D eigenvalue weighted by Gasteiger charge is 2.12. The fourth-order valence-electron chi connectivity index (χ4n) is 1.65. The standard InChI is InChI=1S/C11H11BrO/c1-2-8-5-10(12)6-9-3-4-13-7-11(8)9/h2,5-6H,1,3-4,7H2. The lowest BCUT2D eigenvalue weighted by Crippen LogP contribution is -2.11. The van der Waals surface area contributed by atoms with Crippen molar-refractivity contribution in [3.05, 3.63) is 39.9 Å². The maximum Gasteiger partial charge on any atom is 0.0725 e. The minimum absolute atomic E-state index is 0.726. The summed E-state index contributed by atoms with van der Waals surface area (Å²) in [5, 5.41) is 0. The van der Waals surface area contributed by atoms with Crippen LogP contribution in [0.25, 0.3) is 6.08 Å². The molecule has 0 saturated heterocycles. The topological polar surface area (TPSA) is 9.23 Å². The summed E-state index contributed by atoms with van der Waals surface area (Å²) in [5.41, 5.74) is 3.86. The Morgan fingerprint density at radius 1 is 1.46 bits per heavy atom. The first kappa shape index (κ1) is 8.97. The van der Waals surface area contributed by atoms with Gasteiger partial charge in [-0.15, -0.1) is 0 Å². The quantitative estimate of drug-likeness (QED) is 0.731. The van der Waals surface area contributed by atoms with E-state index in [2.05, 4.69) is 34.6 Å². The summed E-state index contributed by atoms with van der Waals surface area (Å²) in [5.74, 6) is 0. The number of hydrogen-bond acceptors (Lipinski definition) is 1. The summed E-state index contributed by atoms with van der Waals surface area (Å²) in [4.78, 5) is 0. The van der Waals surface area contributed by atoms with E-state index < -0.39 is 0 Å². The molecule has 13 heavy (non-hydrogen) atoms. The molecule has 0 fully saturated rings. The fourth-order valence-corrected chi connectivity index (χ4v) is 2.18. The third-order valence-electron chi connectivity index (χ3n) is 2.32. The number of fused-ring (bicyclic) bond motifs is 1. The lowest BCUT2D eigenvalue weighted by atomic mass is 9.98. The Kier molecular flexibility index (Phi) is 2.51. The monoisotopic (exact) mass is 238 g/mol. The summed E-state index contributed by atoms with van der Waals surface area (Å²) in [6, 6.07) is 4.26. The second kappa shape index (κ2) is 3.64. The zero-order valence-corrected chi connectivity index (χ0v) is 8.93. The van der Waals surface area contributed by atoms with Crippen molar-refractivity contribution in [2.75, 3.05) is 6.61 Å². The van der Waals surface area contributed by atoms with Gasteiger partial charge >= 0.3 is 0 Å². The number of rotatable bonds is 1. The van der Waals surface area contributed by atoms with E-state index in [1.165, 1.54) is 16.7 Å². The maximum atomic E-state index is 5.42. The Hall–Kier alpha value is -0.600. The molecule has 0 amide bonds. The lowest BCUT2D eigenvalue weighted by Gasteiger charge is -2.18. The molecule has 68 valence electrons. The van der Waals surface area contributed by atoms with Crippen LogP contribution in [0, 0.1) is 0 Å². The van der Waals surface area contributed by atoms with Crippen LogP contribution in [0.4, 0.5) is 0 Å². The van der Waals surface area contributed by atoms with Gasteiger partial charge in [-0.05, 0) is 35.2 Å². The van der Waals surface area contributed by atoms with E-state index >= 15 is 0 Å². The van der Waals surface area contributed by atoms with E-state index in [0.717, 1.165) is 24.1 Å². The molecule has 1 aromatic rings. The van der Waals surface area contributed by atoms with Crippen molar-refractivity contribution in [1.82, 2.24) is 0 Å². The van der Waals surface area contributed by atoms with Crippen LogP contribution in [0.5, 0.6) is 0 Å².